The molecule has 0 saturated carbocycles. The van der Waals surface area contributed by atoms with Gasteiger partial charge in [0.25, 0.3) is 0 Å². The summed E-state index contributed by atoms with van der Waals surface area (Å²) in [4.78, 5) is 11.2. The molecule has 0 unspecified atom stereocenters. The topological polar surface area (TPSA) is 26.3 Å². The van der Waals surface area contributed by atoms with Crippen molar-refractivity contribution in [3.63, 3.8) is 0 Å². The Kier molecular flexibility index (Phi) is 22.9. The molecule has 0 aliphatic rings. The van der Waals surface area contributed by atoms with Gasteiger partial charge in [-0.1, -0.05) is 132 Å². The summed E-state index contributed by atoms with van der Waals surface area (Å²) in [6, 6.07) is 0. The zero-order chi connectivity index (χ0) is 19.1. The monoisotopic (exact) mass is 432 g/mol. The van der Waals surface area contributed by atoms with Crippen molar-refractivity contribution in [1.29, 1.82) is 0 Å². The number of carbonyl (C=O) groups excluding carboxylic acids is 1. The Balaban J connectivity index is 3.02. The van der Waals surface area contributed by atoms with Crippen LogP contribution in [0.2, 0.25) is 0 Å². The molecule has 0 aromatic rings. The normalized spacial score (nSPS) is 11.0. The van der Waals surface area contributed by atoms with Crippen molar-refractivity contribution >= 4 is 21.9 Å². The average Bonchev–Trinajstić information content (AvgIpc) is 2.64. The fraction of sp³-hybridized carbons (Fsp3) is 0.957. The second kappa shape index (κ2) is 23.0. The molecule has 0 heterocycles. The van der Waals surface area contributed by atoms with Gasteiger partial charge in [-0.25, -0.2) is 0 Å². The Morgan fingerprint density at radius 2 is 0.962 bits per heavy atom. The molecule has 0 spiro atoms. The van der Waals surface area contributed by atoms with E-state index in [4.69, 9.17) is 4.74 Å². The van der Waals surface area contributed by atoms with E-state index < -0.39 is 0 Å². The highest BCUT2D eigenvalue weighted by Crippen LogP contribution is 2.14. The second-order valence-electron chi connectivity index (χ2n) is 7.67. The number of halogens is 1. The van der Waals surface area contributed by atoms with Crippen LogP contribution in [0.1, 0.15) is 129 Å². The van der Waals surface area contributed by atoms with E-state index in [0.29, 0.717) is 18.4 Å². The van der Waals surface area contributed by atoms with E-state index in [1.54, 1.807) is 0 Å². The summed E-state index contributed by atoms with van der Waals surface area (Å²) < 4.78 is 5.14. The summed E-state index contributed by atoms with van der Waals surface area (Å²) in [5.41, 5.74) is 0. The molecule has 156 valence electrons. The molecule has 0 radical (unpaired) electrons. The number of alkyl halides is 1. The standard InChI is InChI=1S/C23H45BrO2/c1-2-3-4-5-6-7-8-9-10-11-12-13-14-15-16-17-18-19-22-26-23(25)20-21-24/h2-22H2,1H3. The van der Waals surface area contributed by atoms with E-state index >= 15 is 0 Å². The van der Waals surface area contributed by atoms with Gasteiger partial charge in [0.2, 0.25) is 0 Å². The van der Waals surface area contributed by atoms with Crippen molar-refractivity contribution in [3.8, 4) is 0 Å². The molecule has 0 saturated heterocycles. The highest BCUT2D eigenvalue weighted by molar-refractivity contribution is 9.09. The van der Waals surface area contributed by atoms with Crippen LogP contribution in [0, 0.1) is 0 Å². The van der Waals surface area contributed by atoms with Crippen LogP contribution in [0.5, 0.6) is 0 Å². The molecule has 0 aromatic carbocycles. The minimum absolute atomic E-state index is 0.0751. The van der Waals surface area contributed by atoms with E-state index in [9.17, 15) is 4.79 Å². The maximum absolute atomic E-state index is 11.2. The molecule has 3 heteroatoms. The first-order chi connectivity index (χ1) is 12.8. The summed E-state index contributed by atoms with van der Waals surface area (Å²) in [5.74, 6) is -0.0751. The smallest absolute Gasteiger partial charge is 0.306 e. The SMILES string of the molecule is CCCCCCCCCCCCCCCCCCCCOC(=O)CCBr. The summed E-state index contributed by atoms with van der Waals surface area (Å²) in [5, 5.41) is 0.699. The molecular weight excluding hydrogens is 388 g/mol. The molecule has 0 N–H and O–H groups in total. The minimum Gasteiger partial charge on any atom is -0.466 e. The molecular formula is C23H45BrO2. The Morgan fingerprint density at radius 3 is 1.31 bits per heavy atom. The lowest BCUT2D eigenvalue weighted by Gasteiger charge is -2.04. The van der Waals surface area contributed by atoms with Gasteiger partial charge < -0.3 is 4.74 Å². The van der Waals surface area contributed by atoms with Gasteiger partial charge in [-0.05, 0) is 6.42 Å². The lowest BCUT2D eigenvalue weighted by molar-refractivity contribution is -0.143. The first-order valence-electron chi connectivity index (χ1n) is 11.5. The number of hydrogen-bond donors (Lipinski definition) is 0. The van der Waals surface area contributed by atoms with Gasteiger partial charge in [-0.2, -0.15) is 0 Å². The Bertz CT molecular complexity index is 281. The zero-order valence-electron chi connectivity index (χ0n) is 17.5. The Labute approximate surface area is 172 Å². The van der Waals surface area contributed by atoms with Gasteiger partial charge in [0.05, 0.1) is 13.0 Å². The quantitative estimate of drug-likeness (QED) is 0.103. The lowest BCUT2D eigenvalue weighted by atomic mass is 10.0. The molecule has 0 rings (SSSR count). The predicted molar refractivity (Wildman–Crippen MR) is 118 cm³/mol. The van der Waals surface area contributed by atoms with E-state index in [1.165, 1.54) is 109 Å². The van der Waals surface area contributed by atoms with Gasteiger partial charge in [0.15, 0.2) is 0 Å². The minimum atomic E-state index is -0.0751. The van der Waals surface area contributed by atoms with Crippen LogP contribution in [0.4, 0.5) is 0 Å². The van der Waals surface area contributed by atoms with E-state index in [1.807, 2.05) is 0 Å². The fourth-order valence-corrected chi connectivity index (χ4v) is 3.66. The average molecular weight is 434 g/mol. The van der Waals surface area contributed by atoms with E-state index in [0.717, 1.165) is 6.42 Å². The molecule has 0 bridgehead atoms. The zero-order valence-corrected chi connectivity index (χ0v) is 19.1. The van der Waals surface area contributed by atoms with Gasteiger partial charge in [0, 0.05) is 5.33 Å². The number of esters is 1. The largest absolute Gasteiger partial charge is 0.466 e. The van der Waals surface area contributed by atoms with Crippen LogP contribution in [-0.4, -0.2) is 17.9 Å². The van der Waals surface area contributed by atoms with Crippen LogP contribution >= 0.6 is 15.9 Å². The second-order valence-corrected chi connectivity index (χ2v) is 8.46. The van der Waals surface area contributed by atoms with Crippen molar-refractivity contribution < 1.29 is 9.53 Å². The molecule has 0 aromatic heterocycles. The summed E-state index contributed by atoms with van der Waals surface area (Å²) in [6.07, 6.45) is 25.3. The van der Waals surface area contributed by atoms with E-state index in [2.05, 4.69) is 22.9 Å². The maximum Gasteiger partial charge on any atom is 0.306 e. The van der Waals surface area contributed by atoms with Crippen molar-refractivity contribution in [2.24, 2.45) is 0 Å². The summed E-state index contributed by atoms with van der Waals surface area (Å²) in [6.45, 7) is 2.89. The fourth-order valence-electron chi connectivity index (χ4n) is 3.34. The van der Waals surface area contributed by atoms with Gasteiger partial charge >= 0.3 is 5.97 Å². The first kappa shape index (κ1) is 26.0. The predicted octanol–water partition coefficient (Wildman–Crippen LogP) is 8.36. The van der Waals surface area contributed by atoms with Crippen molar-refractivity contribution in [3.05, 3.63) is 0 Å². The van der Waals surface area contributed by atoms with Crippen molar-refractivity contribution in [2.45, 2.75) is 129 Å². The first-order valence-corrected chi connectivity index (χ1v) is 12.6. The Hall–Kier alpha value is -0.0500. The lowest BCUT2D eigenvalue weighted by Crippen LogP contribution is -2.05. The van der Waals surface area contributed by atoms with Gasteiger partial charge in [-0.3, -0.25) is 4.79 Å². The van der Waals surface area contributed by atoms with Crippen LogP contribution in [0.3, 0.4) is 0 Å². The molecule has 0 amide bonds. The summed E-state index contributed by atoms with van der Waals surface area (Å²) >= 11 is 3.25. The maximum atomic E-state index is 11.2. The third kappa shape index (κ3) is 22.0. The number of rotatable bonds is 21. The number of unbranched alkanes of at least 4 members (excludes halogenated alkanes) is 17. The van der Waals surface area contributed by atoms with Crippen LogP contribution in [0.25, 0.3) is 0 Å². The number of hydrogen-bond acceptors (Lipinski definition) is 2. The van der Waals surface area contributed by atoms with Gasteiger partial charge in [-0.15, -0.1) is 0 Å². The third-order valence-corrected chi connectivity index (χ3v) is 5.46. The van der Waals surface area contributed by atoms with Crippen LogP contribution in [-0.2, 0) is 9.53 Å². The number of carbonyl (C=O) groups is 1. The molecule has 0 fully saturated rings. The third-order valence-electron chi connectivity index (χ3n) is 5.06. The Morgan fingerprint density at radius 1 is 0.615 bits per heavy atom. The molecule has 0 atom stereocenters. The van der Waals surface area contributed by atoms with Gasteiger partial charge in [0.1, 0.15) is 0 Å². The highest BCUT2D eigenvalue weighted by atomic mass is 79.9. The number of ether oxygens (including phenoxy) is 1. The highest BCUT2D eigenvalue weighted by Gasteiger charge is 2.00. The molecule has 26 heavy (non-hydrogen) atoms. The molecule has 2 nitrogen and oxygen atoms in total. The van der Waals surface area contributed by atoms with Crippen LogP contribution in [0.15, 0.2) is 0 Å². The van der Waals surface area contributed by atoms with Crippen LogP contribution < -0.4 is 0 Å². The summed E-state index contributed by atoms with van der Waals surface area (Å²) in [7, 11) is 0. The van der Waals surface area contributed by atoms with Crippen molar-refractivity contribution in [2.75, 3.05) is 11.9 Å². The molecule has 0 aliphatic carbocycles. The molecule has 0 aliphatic heterocycles. The van der Waals surface area contributed by atoms with Crippen molar-refractivity contribution in [1.82, 2.24) is 0 Å². The van der Waals surface area contributed by atoms with E-state index in [-0.39, 0.29) is 5.97 Å².